The lowest BCUT2D eigenvalue weighted by atomic mass is 10.1. The highest BCUT2D eigenvalue weighted by Crippen LogP contribution is 2.30. The maximum Gasteiger partial charge on any atom is 0.420 e. The van der Waals surface area contributed by atoms with Gasteiger partial charge in [0.2, 0.25) is 5.91 Å². The van der Waals surface area contributed by atoms with E-state index in [2.05, 4.69) is 10.5 Å². The first-order valence-corrected chi connectivity index (χ1v) is 15.3. The first-order valence-electron chi connectivity index (χ1n) is 15.3. The van der Waals surface area contributed by atoms with Crippen molar-refractivity contribution in [1.82, 2.24) is 15.0 Å². The van der Waals surface area contributed by atoms with Gasteiger partial charge in [-0.15, -0.1) is 0 Å². The first kappa shape index (κ1) is 36.5. The Bertz CT molecular complexity index is 1550. The van der Waals surface area contributed by atoms with E-state index in [0.29, 0.717) is 59.8 Å². The number of fused-ring (bicyclic) bond motifs is 1. The van der Waals surface area contributed by atoms with Crippen LogP contribution in [0, 0.1) is 0 Å². The summed E-state index contributed by atoms with van der Waals surface area (Å²) in [6.07, 6.45) is -1.42. The number of benzene rings is 2. The second-order valence-corrected chi connectivity index (χ2v) is 12.3. The molecule has 0 saturated heterocycles. The van der Waals surface area contributed by atoms with Crippen LogP contribution in [0.25, 0.3) is 11.0 Å². The molecule has 3 rings (SSSR count). The zero-order valence-corrected chi connectivity index (χ0v) is 28.1. The van der Waals surface area contributed by atoms with Gasteiger partial charge in [0.05, 0.1) is 25.7 Å². The molecule has 14 nitrogen and oxygen atoms in total. The second-order valence-electron chi connectivity index (χ2n) is 12.3. The topological polar surface area (TPSA) is 170 Å². The number of methoxy groups -OCH3 is 1. The molecule has 0 aliphatic carbocycles. The van der Waals surface area contributed by atoms with Gasteiger partial charge in [-0.3, -0.25) is 9.59 Å². The van der Waals surface area contributed by atoms with E-state index in [1.165, 1.54) is 7.11 Å². The molecule has 0 radical (unpaired) electrons. The van der Waals surface area contributed by atoms with E-state index in [1.54, 1.807) is 57.2 Å². The quantitative estimate of drug-likeness (QED) is 0.190. The number of nitrogens with zero attached hydrogens (tertiary/aromatic N) is 3. The van der Waals surface area contributed by atoms with Crippen LogP contribution in [0.4, 0.5) is 15.4 Å². The Kier molecular flexibility index (Phi) is 12.4. The molecule has 14 heteroatoms. The Labute approximate surface area is 273 Å². The lowest BCUT2D eigenvalue weighted by Crippen LogP contribution is -2.44. The van der Waals surface area contributed by atoms with Crippen molar-refractivity contribution in [1.29, 1.82) is 0 Å². The fourth-order valence-corrected chi connectivity index (χ4v) is 4.65. The highest BCUT2D eigenvalue weighted by Gasteiger charge is 2.29. The molecule has 1 aromatic heterocycles. The number of ether oxygens (including phenoxy) is 4. The average Bonchev–Trinajstić information content (AvgIpc) is 3.37. The molecule has 47 heavy (non-hydrogen) atoms. The molecule has 0 bridgehead atoms. The number of anilines is 1. The van der Waals surface area contributed by atoms with Crippen LogP contribution in [0.5, 0.6) is 17.2 Å². The predicted octanol–water partition coefficient (Wildman–Crippen LogP) is 6.19. The summed E-state index contributed by atoms with van der Waals surface area (Å²) in [6.45, 7) is 12.7. The summed E-state index contributed by atoms with van der Waals surface area (Å²) < 4.78 is 27.6. The molecule has 0 saturated carbocycles. The Hall–Kier alpha value is -5.01. The van der Waals surface area contributed by atoms with Crippen LogP contribution in [0.3, 0.4) is 0 Å². The highest BCUT2D eigenvalue weighted by atomic mass is 16.6. The third-order valence-electron chi connectivity index (χ3n) is 6.67. The van der Waals surface area contributed by atoms with Gasteiger partial charge in [-0.1, -0.05) is 5.16 Å². The maximum atomic E-state index is 13.0. The summed E-state index contributed by atoms with van der Waals surface area (Å²) in [5, 5.41) is 16.1. The van der Waals surface area contributed by atoms with Gasteiger partial charge in [-0.25, -0.2) is 14.5 Å². The number of hydrogen-bond acceptors (Lipinski definition) is 10. The smallest absolute Gasteiger partial charge is 0.420 e. The van der Waals surface area contributed by atoms with E-state index in [-0.39, 0.29) is 28.7 Å². The molecule has 0 atom stereocenters. The molecule has 0 aliphatic heterocycles. The normalized spacial score (nSPS) is 11.4. The lowest BCUT2D eigenvalue weighted by Gasteiger charge is -2.31. The summed E-state index contributed by atoms with van der Waals surface area (Å²) in [6, 6.07) is 10.3. The van der Waals surface area contributed by atoms with E-state index in [4.69, 9.17) is 23.5 Å². The lowest BCUT2D eigenvalue weighted by molar-refractivity contribution is -0.117. The van der Waals surface area contributed by atoms with E-state index >= 15 is 0 Å². The number of carboxylic acid groups (broad SMARTS) is 1. The van der Waals surface area contributed by atoms with Gasteiger partial charge < -0.3 is 38.8 Å². The molecule has 0 unspecified atom stereocenters. The molecule has 0 fully saturated rings. The summed E-state index contributed by atoms with van der Waals surface area (Å²) >= 11 is 0. The molecule has 2 aromatic carbocycles. The van der Waals surface area contributed by atoms with Crippen LogP contribution in [0.15, 0.2) is 40.9 Å². The minimum Gasteiger partial charge on any atom is -0.493 e. The van der Waals surface area contributed by atoms with Crippen LogP contribution in [0.2, 0.25) is 0 Å². The SMILES string of the molecule is COc1cc(C(=O)N(C(C)C)C(C)C)ccc1OCCCCOc1ccc2c(NC(=O)CN(C(=O)O)C(=O)OC(C)(C)C)noc2c1. The number of nitrogens with one attached hydrogen (secondary N) is 1. The van der Waals surface area contributed by atoms with Crippen molar-refractivity contribution in [3.05, 3.63) is 42.0 Å². The molecule has 1 heterocycles. The molecule has 2 N–H and O–H groups in total. The van der Waals surface area contributed by atoms with E-state index < -0.39 is 30.2 Å². The van der Waals surface area contributed by atoms with E-state index in [0.717, 1.165) is 0 Å². The summed E-state index contributed by atoms with van der Waals surface area (Å²) in [7, 11) is 1.54. The Morgan fingerprint density at radius 1 is 0.936 bits per heavy atom. The van der Waals surface area contributed by atoms with Crippen LogP contribution in [-0.2, 0) is 9.53 Å². The molecular weight excluding hydrogens is 612 g/mol. The summed E-state index contributed by atoms with van der Waals surface area (Å²) in [4.78, 5) is 51.3. The standard InChI is InChI=1S/C33H44N4O10/c1-20(2)37(21(3)4)30(39)22-11-14-25(27(17-22)43-8)45-16-10-9-15-44-23-12-13-24-26(18-23)47-35-29(24)34-28(38)19-36(31(40)41)32(42)46-33(5,6)7/h11-14,17-18,20-21H,9-10,15-16,19H2,1-8H3,(H,40,41)(H,34,35,38). The van der Waals surface area contributed by atoms with Crippen LogP contribution < -0.4 is 19.5 Å². The van der Waals surface area contributed by atoms with Gasteiger partial charge in [0.15, 0.2) is 22.9 Å². The average molecular weight is 657 g/mol. The monoisotopic (exact) mass is 656 g/mol. The fraction of sp³-hybridized carbons (Fsp3) is 0.485. The minimum atomic E-state index is -1.63. The first-order chi connectivity index (χ1) is 22.1. The molecule has 0 spiro atoms. The van der Waals surface area contributed by atoms with Gasteiger partial charge in [-0.2, -0.15) is 0 Å². The number of carbonyl (C=O) groups is 4. The van der Waals surface area contributed by atoms with Gasteiger partial charge >= 0.3 is 12.2 Å². The van der Waals surface area contributed by atoms with E-state index in [1.807, 2.05) is 32.6 Å². The number of rotatable bonds is 14. The number of carbonyl (C=O) groups excluding carboxylic acids is 3. The Balaban J connectivity index is 1.49. The van der Waals surface area contributed by atoms with Crippen molar-refractivity contribution >= 4 is 40.8 Å². The molecular formula is C33H44N4O10. The van der Waals surface area contributed by atoms with Crippen molar-refractivity contribution in [3.63, 3.8) is 0 Å². The van der Waals surface area contributed by atoms with Crippen molar-refractivity contribution in [3.8, 4) is 17.2 Å². The van der Waals surface area contributed by atoms with Crippen LogP contribution in [-0.4, -0.2) is 88.6 Å². The summed E-state index contributed by atoms with van der Waals surface area (Å²) in [5.74, 6) is 0.745. The number of unbranched alkanes of at least 4 members (excludes halogenated alkanes) is 1. The van der Waals surface area contributed by atoms with Crippen molar-refractivity contribution < 1.29 is 47.8 Å². The largest absolute Gasteiger partial charge is 0.493 e. The van der Waals surface area contributed by atoms with Crippen molar-refractivity contribution in [2.75, 3.05) is 32.2 Å². The third kappa shape index (κ3) is 10.2. The highest BCUT2D eigenvalue weighted by molar-refractivity contribution is 6.02. The predicted molar refractivity (Wildman–Crippen MR) is 173 cm³/mol. The third-order valence-corrected chi connectivity index (χ3v) is 6.67. The fourth-order valence-electron chi connectivity index (χ4n) is 4.65. The molecule has 256 valence electrons. The van der Waals surface area contributed by atoms with Gasteiger partial charge in [-0.05, 0) is 91.6 Å². The van der Waals surface area contributed by atoms with Crippen molar-refractivity contribution in [2.45, 2.75) is 79.0 Å². The van der Waals surface area contributed by atoms with E-state index in [9.17, 15) is 24.3 Å². The second kappa shape index (κ2) is 16.0. The Morgan fingerprint density at radius 3 is 2.19 bits per heavy atom. The zero-order chi connectivity index (χ0) is 34.9. The maximum absolute atomic E-state index is 13.0. The molecule has 3 aromatic rings. The zero-order valence-electron chi connectivity index (χ0n) is 28.1. The Morgan fingerprint density at radius 2 is 1.60 bits per heavy atom. The number of hydrogen-bond donors (Lipinski definition) is 2. The van der Waals surface area contributed by atoms with Gasteiger partial charge in [0.1, 0.15) is 17.9 Å². The molecule has 0 aliphatic rings. The number of imide groups is 1. The van der Waals surface area contributed by atoms with Gasteiger partial charge in [0.25, 0.3) is 5.91 Å². The summed E-state index contributed by atoms with van der Waals surface area (Å²) in [5.41, 5.74) is -0.0702. The number of aromatic nitrogens is 1. The van der Waals surface area contributed by atoms with Gasteiger partial charge in [0, 0.05) is 23.7 Å². The van der Waals surface area contributed by atoms with Crippen molar-refractivity contribution in [2.24, 2.45) is 0 Å². The minimum absolute atomic E-state index is 0.0618. The van der Waals surface area contributed by atoms with Crippen LogP contribution >= 0.6 is 0 Å². The van der Waals surface area contributed by atoms with Crippen LogP contribution in [0.1, 0.15) is 71.7 Å². The molecule has 4 amide bonds. The number of amides is 4.